The number of carbonyl (C=O) groups is 1. The fourth-order valence-corrected chi connectivity index (χ4v) is 2.27. The van der Waals surface area contributed by atoms with E-state index in [2.05, 4.69) is 27.6 Å². The monoisotopic (exact) mass is 357 g/mol. The van der Waals surface area contributed by atoms with Crippen molar-refractivity contribution in [3.05, 3.63) is 61.9 Å². The molecule has 0 fully saturated rings. The number of rotatable bonds is 2. The molecule has 4 heteroatoms. The predicted octanol–water partition coefficient (Wildman–Crippen LogP) is 3.88. The second-order valence-corrected chi connectivity index (χ2v) is 5.24. The smallest absolute Gasteiger partial charge is 0.195 e. The Bertz CT molecular complexity index is 583. The highest BCUT2D eigenvalue weighted by Gasteiger charge is 2.15. The Hall–Kier alpha value is -0.940. The second kappa shape index (κ2) is 5.14. The van der Waals surface area contributed by atoms with Crippen LogP contribution < -0.4 is 0 Å². The van der Waals surface area contributed by atoms with E-state index in [0.717, 1.165) is 9.13 Å². The summed E-state index contributed by atoms with van der Waals surface area (Å²) in [6.07, 6.45) is 3.27. The number of aryl methyl sites for hydroxylation is 1. The van der Waals surface area contributed by atoms with Gasteiger partial charge in [-0.15, -0.1) is 0 Å². The molecule has 0 aliphatic carbocycles. The van der Waals surface area contributed by atoms with E-state index >= 15 is 0 Å². The van der Waals surface area contributed by atoms with E-state index in [-0.39, 0.29) is 5.78 Å². The molecule has 2 nitrogen and oxygen atoms in total. The second-order valence-electron chi connectivity index (χ2n) is 3.64. The summed E-state index contributed by atoms with van der Waals surface area (Å²) in [7, 11) is 0. The lowest BCUT2D eigenvalue weighted by molar-refractivity contribution is 0.103. The van der Waals surface area contributed by atoms with Gasteiger partial charge in [-0.3, -0.25) is 9.78 Å². The molecule has 0 atom stereocenters. The zero-order chi connectivity index (χ0) is 12.4. The van der Waals surface area contributed by atoms with Gasteiger partial charge in [0, 0.05) is 32.1 Å². The summed E-state index contributed by atoms with van der Waals surface area (Å²) in [4.78, 5) is 16.3. The summed E-state index contributed by atoms with van der Waals surface area (Å²) in [5, 5.41) is 0.565. The maximum Gasteiger partial charge on any atom is 0.195 e. The highest BCUT2D eigenvalue weighted by molar-refractivity contribution is 14.1. The molecule has 0 radical (unpaired) electrons. The molecule has 2 aromatic rings. The van der Waals surface area contributed by atoms with Crippen molar-refractivity contribution >= 4 is 40.0 Å². The molecule has 0 spiro atoms. The highest BCUT2D eigenvalue weighted by Crippen LogP contribution is 2.21. The summed E-state index contributed by atoms with van der Waals surface area (Å²) in [6, 6.07) is 7.13. The molecule has 0 aliphatic heterocycles. The number of hydrogen-bond acceptors (Lipinski definition) is 2. The Morgan fingerprint density at radius 2 is 2.06 bits per heavy atom. The largest absolute Gasteiger partial charge is 0.289 e. The molecule has 0 saturated carbocycles. The first-order valence-electron chi connectivity index (χ1n) is 5.00. The Kier molecular flexibility index (Phi) is 3.79. The number of aromatic nitrogens is 1. The van der Waals surface area contributed by atoms with Crippen LogP contribution in [0.1, 0.15) is 21.5 Å². The minimum atomic E-state index is -0.0394. The van der Waals surface area contributed by atoms with Gasteiger partial charge in [0.25, 0.3) is 0 Å². The van der Waals surface area contributed by atoms with Crippen molar-refractivity contribution in [2.24, 2.45) is 0 Å². The average Bonchev–Trinajstić information content (AvgIpc) is 2.32. The number of nitrogens with zero attached hydrogens (tertiary/aromatic N) is 1. The summed E-state index contributed by atoms with van der Waals surface area (Å²) in [6.45, 7) is 1.90. The van der Waals surface area contributed by atoms with Gasteiger partial charge in [0.15, 0.2) is 5.78 Å². The van der Waals surface area contributed by atoms with E-state index in [4.69, 9.17) is 11.6 Å². The minimum absolute atomic E-state index is 0.0394. The molecule has 2 rings (SSSR count). The van der Waals surface area contributed by atoms with E-state index in [9.17, 15) is 4.79 Å². The molecular weight excluding hydrogens is 349 g/mol. The van der Waals surface area contributed by atoms with Gasteiger partial charge in [-0.1, -0.05) is 11.6 Å². The van der Waals surface area contributed by atoms with Crippen molar-refractivity contribution in [3.63, 3.8) is 0 Å². The first kappa shape index (κ1) is 12.5. The van der Waals surface area contributed by atoms with Crippen LogP contribution in [0.15, 0.2) is 36.7 Å². The molecule has 86 valence electrons. The van der Waals surface area contributed by atoms with Crippen LogP contribution in [-0.2, 0) is 0 Å². The molecule has 1 heterocycles. The highest BCUT2D eigenvalue weighted by atomic mass is 127. The van der Waals surface area contributed by atoms with Crippen molar-refractivity contribution in [2.45, 2.75) is 6.92 Å². The zero-order valence-electron chi connectivity index (χ0n) is 9.08. The van der Waals surface area contributed by atoms with Crippen LogP contribution in [0.4, 0.5) is 0 Å². The molecule has 0 aliphatic rings. The molecule has 1 aromatic carbocycles. The number of benzene rings is 1. The summed E-state index contributed by atoms with van der Waals surface area (Å²) < 4.78 is 0.889. The lowest BCUT2D eigenvalue weighted by Crippen LogP contribution is -2.06. The normalized spacial score (nSPS) is 10.3. The van der Waals surface area contributed by atoms with E-state index in [0.29, 0.717) is 16.1 Å². The van der Waals surface area contributed by atoms with Crippen LogP contribution >= 0.6 is 34.2 Å². The van der Waals surface area contributed by atoms with Crippen molar-refractivity contribution < 1.29 is 4.79 Å². The predicted molar refractivity (Wildman–Crippen MR) is 76.6 cm³/mol. The molecular formula is C13H9ClINO. The van der Waals surface area contributed by atoms with Crippen LogP contribution in [0.2, 0.25) is 5.02 Å². The maximum atomic E-state index is 12.3. The third kappa shape index (κ3) is 2.66. The summed E-state index contributed by atoms with van der Waals surface area (Å²) >= 11 is 8.05. The van der Waals surface area contributed by atoms with Crippen LogP contribution in [0.3, 0.4) is 0 Å². The summed E-state index contributed by atoms with van der Waals surface area (Å²) in [5.41, 5.74) is 2.16. The first-order valence-corrected chi connectivity index (χ1v) is 6.45. The molecule has 0 bridgehead atoms. The van der Waals surface area contributed by atoms with Crippen LogP contribution in [-0.4, -0.2) is 10.8 Å². The van der Waals surface area contributed by atoms with E-state index < -0.39 is 0 Å². The SMILES string of the molecule is Cc1ccncc1C(=O)c1cc(Cl)ccc1I. The topological polar surface area (TPSA) is 30.0 Å². The number of ketones is 1. The zero-order valence-corrected chi connectivity index (χ0v) is 12.0. The minimum Gasteiger partial charge on any atom is -0.289 e. The standard InChI is InChI=1S/C13H9ClINO/c1-8-4-5-16-7-11(8)13(17)10-6-9(14)2-3-12(10)15/h2-7H,1H3. The molecule has 0 N–H and O–H groups in total. The van der Waals surface area contributed by atoms with Crippen LogP contribution in [0.5, 0.6) is 0 Å². The number of pyridine rings is 1. The van der Waals surface area contributed by atoms with Gasteiger partial charge in [0.1, 0.15) is 0 Å². The van der Waals surface area contributed by atoms with Crippen molar-refractivity contribution in [1.82, 2.24) is 4.98 Å². The van der Waals surface area contributed by atoms with E-state index in [1.165, 1.54) is 0 Å². The average molecular weight is 358 g/mol. The lowest BCUT2D eigenvalue weighted by atomic mass is 10.0. The van der Waals surface area contributed by atoms with Gasteiger partial charge in [-0.05, 0) is 59.3 Å². The summed E-state index contributed by atoms with van der Waals surface area (Å²) in [5.74, 6) is -0.0394. The van der Waals surface area contributed by atoms with Gasteiger partial charge >= 0.3 is 0 Å². The van der Waals surface area contributed by atoms with Gasteiger partial charge < -0.3 is 0 Å². The van der Waals surface area contributed by atoms with E-state index in [1.807, 2.05) is 19.1 Å². The maximum absolute atomic E-state index is 12.3. The fourth-order valence-electron chi connectivity index (χ4n) is 1.52. The van der Waals surface area contributed by atoms with Crippen molar-refractivity contribution in [3.8, 4) is 0 Å². The van der Waals surface area contributed by atoms with Crippen molar-refractivity contribution in [2.75, 3.05) is 0 Å². The van der Waals surface area contributed by atoms with Crippen LogP contribution in [0.25, 0.3) is 0 Å². The number of hydrogen-bond donors (Lipinski definition) is 0. The first-order chi connectivity index (χ1) is 8.09. The third-order valence-electron chi connectivity index (χ3n) is 2.46. The molecule has 17 heavy (non-hydrogen) atoms. The lowest BCUT2D eigenvalue weighted by Gasteiger charge is -2.06. The Labute approximate surface area is 118 Å². The number of halogens is 2. The number of carbonyl (C=O) groups excluding carboxylic acids is 1. The third-order valence-corrected chi connectivity index (χ3v) is 3.63. The Balaban J connectivity index is 2.51. The quantitative estimate of drug-likeness (QED) is 0.603. The molecule has 0 saturated heterocycles. The Morgan fingerprint density at radius 1 is 1.29 bits per heavy atom. The fraction of sp³-hybridized carbons (Fsp3) is 0.0769. The molecule has 0 amide bonds. The van der Waals surface area contributed by atoms with Crippen LogP contribution in [0, 0.1) is 10.5 Å². The van der Waals surface area contributed by atoms with Gasteiger partial charge in [0.2, 0.25) is 0 Å². The molecule has 0 unspecified atom stereocenters. The molecule has 1 aromatic heterocycles. The van der Waals surface area contributed by atoms with Gasteiger partial charge in [0.05, 0.1) is 0 Å². The Morgan fingerprint density at radius 3 is 2.76 bits per heavy atom. The van der Waals surface area contributed by atoms with Crippen molar-refractivity contribution in [1.29, 1.82) is 0 Å². The van der Waals surface area contributed by atoms with Gasteiger partial charge in [-0.25, -0.2) is 0 Å². The van der Waals surface area contributed by atoms with E-state index in [1.54, 1.807) is 24.5 Å². The van der Waals surface area contributed by atoms with Gasteiger partial charge in [-0.2, -0.15) is 0 Å².